The van der Waals surface area contributed by atoms with E-state index in [0.717, 1.165) is 11.8 Å². The summed E-state index contributed by atoms with van der Waals surface area (Å²) in [5.41, 5.74) is 0. The molecule has 0 bridgehead atoms. The third kappa shape index (κ3) is 4.06. The van der Waals surface area contributed by atoms with E-state index in [9.17, 15) is 0 Å². The highest BCUT2D eigenvalue weighted by Crippen LogP contribution is 2.26. The lowest BCUT2D eigenvalue weighted by Gasteiger charge is -2.29. The van der Waals surface area contributed by atoms with Gasteiger partial charge in [0, 0.05) is 6.54 Å². The molecule has 0 aromatic heterocycles. The van der Waals surface area contributed by atoms with Gasteiger partial charge in [-0.1, -0.05) is 25.7 Å². The molecule has 94 valence electrons. The quantitative estimate of drug-likeness (QED) is 0.722. The van der Waals surface area contributed by atoms with E-state index in [-0.39, 0.29) is 0 Å². The molecule has 1 N–H and O–H groups in total. The summed E-state index contributed by atoms with van der Waals surface area (Å²) in [6.45, 7) is 5.11. The van der Waals surface area contributed by atoms with Crippen LogP contribution in [0.3, 0.4) is 0 Å². The zero-order chi connectivity index (χ0) is 11.2. The number of hydrogen-bond donors (Lipinski definition) is 1. The van der Waals surface area contributed by atoms with Crippen LogP contribution in [0.4, 0.5) is 0 Å². The fourth-order valence-electron chi connectivity index (χ4n) is 3.35. The SMILES string of the molecule is CN1CCCC(CNCCC2CCCC2)C1. The van der Waals surface area contributed by atoms with E-state index in [1.165, 1.54) is 71.1 Å². The van der Waals surface area contributed by atoms with Crippen molar-refractivity contribution >= 4 is 0 Å². The lowest BCUT2D eigenvalue weighted by atomic mass is 9.98. The number of nitrogens with one attached hydrogen (secondary N) is 1. The van der Waals surface area contributed by atoms with Gasteiger partial charge in [0.1, 0.15) is 0 Å². The Labute approximate surface area is 101 Å². The molecule has 1 aliphatic carbocycles. The van der Waals surface area contributed by atoms with E-state index in [4.69, 9.17) is 0 Å². The summed E-state index contributed by atoms with van der Waals surface area (Å²) >= 11 is 0. The molecule has 0 radical (unpaired) electrons. The van der Waals surface area contributed by atoms with Gasteiger partial charge in [0.2, 0.25) is 0 Å². The first kappa shape index (κ1) is 12.4. The summed E-state index contributed by atoms with van der Waals surface area (Å²) < 4.78 is 0. The van der Waals surface area contributed by atoms with Gasteiger partial charge in [0.05, 0.1) is 0 Å². The summed E-state index contributed by atoms with van der Waals surface area (Å²) in [5, 5.41) is 3.68. The lowest BCUT2D eigenvalue weighted by Crippen LogP contribution is -2.37. The monoisotopic (exact) mass is 224 g/mol. The van der Waals surface area contributed by atoms with Gasteiger partial charge in [-0.25, -0.2) is 0 Å². The highest BCUT2D eigenvalue weighted by molar-refractivity contribution is 4.73. The van der Waals surface area contributed by atoms with Crippen molar-refractivity contribution in [2.45, 2.75) is 44.9 Å². The van der Waals surface area contributed by atoms with Crippen LogP contribution in [0.2, 0.25) is 0 Å². The molecule has 2 nitrogen and oxygen atoms in total. The maximum absolute atomic E-state index is 3.68. The third-order valence-electron chi connectivity index (χ3n) is 4.36. The summed E-state index contributed by atoms with van der Waals surface area (Å²) in [6.07, 6.45) is 10.2. The van der Waals surface area contributed by atoms with Crippen LogP contribution in [0.25, 0.3) is 0 Å². The molecule has 1 saturated heterocycles. The minimum Gasteiger partial charge on any atom is -0.316 e. The Bertz CT molecular complexity index is 187. The van der Waals surface area contributed by atoms with Crippen molar-refractivity contribution in [2.75, 3.05) is 33.2 Å². The first-order chi connectivity index (χ1) is 7.84. The van der Waals surface area contributed by atoms with E-state index in [0.29, 0.717) is 0 Å². The van der Waals surface area contributed by atoms with Crippen molar-refractivity contribution in [1.29, 1.82) is 0 Å². The highest BCUT2D eigenvalue weighted by Gasteiger charge is 2.17. The lowest BCUT2D eigenvalue weighted by molar-refractivity contribution is 0.206. The Balaban J connectivity index is 1.50. The predicted octanol–water partition coefficient (Wildman–Crippen LogP) is 2.50. The molecule has 0 spiro atoms. The first-order valence-electron chi connectivity index (χ1n) is 7.24. The van der Waals surface area contributed by atoms with Crippen LogP contribution in [-0.2, 0) is 0 Å². The van der Waals surface area contributed by atoms with Crippen LogP contribution in [0, 0.1) is 11.8 Å². The van der Waals surface area contributed by atoms with Gasteiger partial charge in [0.15, 0.2) is 0 Å². The molecule has 1 heterocycles. The Morgan fingerprint density at radius 2 is 1.81 bits per heavy atom. The van der Waals surface area contributed by atoms with E-state index < -0.39 is 0 Å². The molecule has 1 saturated carbocycles. The highest BCUT2D eigenvalue weighted by atomic mass is 15.1. The van der Waals surface area contributed by atoms with Gasteiger partial charge in [-0.2, -0.15) is 0 Å². The van der Waals surface area contributed by atoms with E-state index >= 15 is 0 Å². The van der Waals surface area contributed by atoms with Crippen LogP contribution in [-0.4, -0.2) is 38.1 Å². The molecule has 0 aromatic rings. The number of nitrogens with zero attached hydrogens (tertiary/aromatic N) is 1. The topological polar surface area (TPSA) is 15.3 Å². The van der Waals surface area contributed by atoms with Crippen molar-refractivity contribution in [2.24, 2.45) is 11.8 Å². The molecule has 2 heteroatoms. The summed E-state index contributed by atoms with van der Waals surface area (Å²) in [5.74, 6) is 1.95. The second kappa shape index (κ2) is 6.61. The standard InChI is InChI=1S/C14H28N2/c1-16-10-4-7-14(12-16)11-15-9-8-13-5-2-3-6-13/h13-15H,2-12H2,1H3. The fraction of sp³-hybridized carbons (Fsp3) is 1.00. The maximum atomic E-state index is 3.68. The first-order valence-corrected chi connectivity index (χ1v) is 7.24. The Morgan fingerprint density at radius 1 is 1.06 bits per heavy atom. The Kier molecular flexibility index (Phi) is 5.11. The van der Waals surface area contributed by atoms with Gasteiger partial charge < -0.3 is 10.2 Å². The van der Waals surface area contributed by atoms with Crippen molar-refractivity contribution < 1.29 is 0 Å². The van der Waals surface area contributed by atoms with E-state index in [2.05, 4.69) is 17.3 Å². The largest absolute Gasteiger partial charge is 0.316 e. The van der Waals surface area contributed by atoms with Crippen molar-refractivity contribution in [3.8, 4) is 0 Å². The zero-order valence-electron chi connectivity index (χ0n) is 10.9. The molecule has 2 fully saturated rings. The van der Waals surface area contributed by atoms with E-state index in [1.54, 1.807) is 0 Å². The smallest absolute Gasteiger partial charge is 0.00187 e. The van der Waals surface area contributed by atoms with Gasteiger partial charge in [-0.15, -0.1) is 0 Å². The van der Waals surface area contributed by atoms with Gasteiger partial charge in [0.25, 0.3) is 0 Å². The van der Waals surface area contributed by atoms with Crippen molar-refractivity contribution in [3.05, 3.63) is 0 Å². The molecule has 2 aliphatic rings. The molecule has 0 aromatic carbocycles. The second-order valence-electron chi connectivity index (χ2n) is 5.91. The Hall–Kier alpha value is -0.0800. The van der Waals surface area contributed by atoms with Crippen molar-refractivity contribution in [1.82, 2.24) is 10.2 Å². The molecule has 0 amide bonds. The summed E-state index contributed by atoms with van der Waals surface area (Å²) in [7, 11) is 2.25. The molecule has 2 rings (SSSR count). The van der Waals surface area contributed by atoms with Crippen LogP contribution in [0.1, 0.15) is 44.9 Å². The third-order valence-corrected chi connectivity index (χ3v) is 4.36. The van der Waals surface area contributed by atoms with Crippen molar-refractivity contribution in [3.63, 3.8) is 0 Å². The number of likely N-dealkylation sites (tertiary alicyclic amines) is 1. The van der Waals surface area contributed by atoms with Gasteiger partial charge >= 0.3 is 0 Å². The molecule has 1 aliphatic heterocycles. The fourth-order valence-corrected chi connectivity index (χ4v) is 3.35. The molecular formula is C14H28N2. The van der Waals surface area contributed by atoms with Gasteiger partial charge in [-0.3, -0.25) is 0 Å². The minimum atomic E-state index is 0.905. The summed E-state index contributed by atoms with van der Waals surface area (Å²) in [4.78, 5) is 2.48. The average Bonchev–Trinajstić information content (AvgIpc) is 2.77. The molecule has 16 heavy (non-hydrogen) atoms. The molecular weight excluding hydrogens is 196 g/mol. The zero-order valence-corrected chi connectivity index (χ0v) is 10.9. The molecule has 1 unspecified atom stereocenters. The van der Waals surface area contributed by atoms with Crippen LogP contribution in [0.5, 0.6) is 0 Å². The number of rotatable bonds is 5. The number of hydrogen-bond acceptors (Lipinski definition) is 2. The number of piperidine rings is 1. The van der Waals surface area contributed by atoms with E-state index in [1.807, 2.05) is 0 Å². The normalized spacial score (nSPS) is 28.7. The van der Waals surface area contributed by atoms with Crippen LogP contribution >= 0.6 is 0 Å². The Morgan fingerprint density at radius 3 is 2.56 bits per heavy atom. The minimum absolute atomic E-state index is 0.905. The van der Waals surface area contributed by atoms with Crippen LogP contribution < -0.4 is 5.32 Å². The van der Waals surface area contributed by atoms with Crippen LogP contribution in [0.15, 0.2) is 0 Å². The summed E-state index contributed by atoms with van der Waals surface area (Å²) in [6, 6.07) is 0. The average molecular weight is 224 g/mol. The maximum Gasteiger partial charge on any atom is 0.00187 e. The van der Waals surface area contributed by atoms with Gasteiger partial charge in [-0.05, 0) is 57.8 Å². The molecule has 1 atom stereocenters. The predicted molar refractivity (Wildman–Crippen MR) is 69.7 cm³/mol. The second-order valence-corrected chi connectivity index (χ2v) is 5.91.